The van der Waals surface area contributed by atoms with Crippen molar-refractivity contribution in [3.8, 4) is 0 Å². The first-order valence-electron chi connectivity index (χ1n) is 4.79. The molecule has 3 atom stereocenters. The lowest BCUT2D eigenvalue weighted by atomic mass is 9.88. The molecule has 5 nitrogen and oxygen atoms in total. The molecule has 5 heteroatoms. The van der Waals surface area contributed by atoms with Crippen LogP contribution in [0.4, 0.5) is 4.79 Å². The van der Waals surface area contributed by atoms with E-state index in [-0.39, 0.29) is 6.04 Å². The monoisotopic (exact) mass is 199 g/mol. The summed E-state index contributed by atoms with van der Waals surface area (Å²) in [5, 5.41) is 8.94. The van der Waals surface area contributed by atoms with Gasteiger partial charge in [0.05, 0.1) is 6.04 Å². The van der Waals surface area contributed by atoms with Gasteiger partial charge in [-0.1, -0.05) is 6.92 Å². The fourth-order valence-corrected chi connectivity index (χ4v) is 2.24. The first-order valence-corrected chi connectivity index (χ1v) is 4.79. The molecule has 2 fully saturated rings. The standard InChI is InChI=1S/C9H13NO4/c1-5-2-3-6(8(11)12)10-7(5)4-14-9(10)13/h5-7H,2-4H2,1H3,(H,11,12). The summed E-state index contributed by atoms with van der Waals surface area (Å²) in [4.78, 5) is 23.6. The topological polar surface area (TPSA) is 66.8 Å². The summed E-state index contributed by atoms with van der Waals surface area (Å²) in [6.45, 7) is 2.36. The fraction of sp³-hybridized carbons (Fsp3) is 0.778. The lowest BCUT2D eigenvalue weighted by molar-refractivity contribution is -0.144. The average molecular weight is 199 g/mol. The molecule has 3 unspecified atom stereocenters. The van der Waals surface area contributed by atoms with Gasteiger partial charge in [0.25, 0.3) is 0 Å². The third-order valence-electron chi connectivity index (χ3n) is 3.12. The number of amides is 1. The zero-order valence-corrected chi connectivity index (χ0v) is 7.97. The maximum Gasteiger partial charge on any atom is 0.410 e. The van der Waals surface area contributed by atoms with E-state index in [4.69, 9.17) is 9.84 Å². The first-order chi connectivity index (χ1) is 6.61. The normalized spacial score (nSPS) is 36.5. The van der Waals surface area contributed by atoms with Crippen molar-refractivity contribution in [1.29, 1.82) is 0 Å². The van der Waals surface area contributed by atoms with Gasteiger partial charge in [-0.2, -0.15) is 0 Å². The number of fused-ring (bicyclic) bond motifs is 1. The molecule has 0 bridgehead atoms. The minimum absolute atomic E-state index is 0.0441. The van der Waals surface area contributed by atoms with Crippen LogP contribution in [0.15, 0.2) is 0 Å². The zero-order chi connectivity index (χ0) is 10.3. The number of cyclic esters (lactones) is 1. The third kappa shape index (κ3) is 1.23. The predicted octanol–water partition coefficient (Wildman–Crippen LogP) is 0.690. The van der Waals surface area contributed by atoms with Crippen LogP contribution in [0.5, 0.6) is 0 Å². The molecule has 2 aliphatic heterocycles. The van der Waals surface area contributed by atoms with Gasteiger partial charge in [0.1, 0.15) is 12.6 Å². The second kappa shape index (κ2) is 3.15. The van der Waals surface area contributed by atoms with Gasteiger partial charge in [0.2, 0.25) is 0 Å². The number of ether oxygens (including phenoxy) is 1. The highest BCUT2D eigenvalue weighted by atomic mass is 16.6. The molecular formula is C9H13NO4. The quantitative estimate of drug-likeness (QED) is 0.674. The van der Waals surface area contributed by atoms with E-state index in [0.717, 1.165) is 6.42 Å². The summed E-state index contributed by atoms with van der Waals surface area (Å²) >= 11 is 0. The van der Waals surface area contributed by atoms with Crippen molar-refractivity contribution in [2.45, 2.75) is 31.8 Å². The van der Waals surface area contributed by atoms with Crippen molar-refractivity contribution in [1.82, 2.24) is 4.90 Å². The van der Waals surface area contributed by atoms with E-state index in [9.17, 15) is 9.59 Å². The molecule has 0 aliphatic carbocycles. The highest BCUT2D eigenvalue weighted by Gasteiger charge is 2.46. The van der Waals surface area contributed by atoms with Gasteiger partial charge in [0, 0.05) is 0 Å². The predicted molar refractivity (Wildman–Crippen MR) is 46.8 cm³/mol. The molecular weight excluding hydrogens is 186 g/mol. The Kier molecular flexibility index (Phi) is 2.09. The minimum Gasteiger partial charge on any atom is -0.480 e. The van der Waals surface area contributed by atoms with Gasteiger partial charge in [-0.25, -0.2) is 9.59 Å². The summed E-state index contributed by atoms with van der Waals surface area (Å²) in [5.41, 5.74) is 0. The van der Waals surface area contributed by atoms with E-state index in [1.54, 1.807) is 0 Å². The number of hydrogen-bond acceptors (Lipinski definition) is 3. The Balaban J connectivity index is 2.23. The van der Waals surface area contributed by atoms with E-state index in [1.165, 1.54) is 4.90 Å². The van der Waals surface area contributed by atoms with Gasteiger partial charge in [-0.3, -0.25) is 4.90 Å². The third-order valence-corrected chi connectivity index (χ3v) is 3.12. The molecule has 2 saturated heterocycles. The number of carbonyl (C=O) groups is 2. The van der Waals surface area contributed by atoms with E-state index in [0.29, 0.717) is 18.9 Å². The lowest BCUT2D eigenvalue weighted by Crippen LogP contribution is -2.52. The molecule has 0 radical (unpaired) electrons. The van der Waals surface area contributed by atoms with Crippen molar-refractivity contribution in [3.05, 3.63) is 0 Å². The maximum atomic E-state index is 11.3. The molecule has 1 amide bonds. The zero-order valence-electron chi connectivity index (χ0n) is 7.97. The molecule has 0 aromatic heterocycles. The summed E-state index contributed by atoms with van der Waals surface area (Å²) < 4.78 is 4.87. The molecule has 2 heterocycles. The van der Waals surface area contributed by atoms with Crippen LogP contribution < -0.4 is 0 Å². The Bertz CT molecular complexity index is 278. The van der Waals surface area contributed by atoms with Crippen molar-refractivity contribution in [2.75, 3.05) is 6.61 Å². The van der Waals surface area contributed by atoms with Crippen LogP contribution in [0.2, 0.25) is 0 Å². The van der Waals surface area contributed by atoms with Crippen LogP contribution in [0.3, 0.4) is 0 Å². The van der Waals surface area contributed by atoms with Crippen molar-refractivity contribution in [3.63, 3.8) is 0 Å². The Hall–Kier alpha value is -1.26. The second-order valence-electron chi connectivity index (χ2n) is 3.96. The molecule has 0 aromatic carbocycles. The Morgan fingerprint density at radius 1 is 1.57 bits per heavy atom. The van der Waals surface area contributed by atoms with Crippen LogP contribution in [-0.2, 0) is 9.53 Å². The van der Waals surface area contributed by atoms with Crippen molar-refractivity contribution >= 4 is 12.1 Å². The largest absolute Gasteiger partial charge is 0.480 e. The van der Waals surface area contributed by atoms with E-state index < -0.39 is 18.1 Å². The summed E-state index contributed by atoms with van der Waals surface area (Å²) in [6.07, 6.45) is 0.894. The van der Waals surface area contributed by atoms with E-state index in [1.807, 2.05) is 6.92 Å². The number of carboxylic acid groups (broad SMARTS) is 1. The summed E-state index contributed by atoms with van der Waals surface area (Å²) in [5.74, 6) is -0.599. The fourth-order valence-electron chi connectivity index (χ4n) is 2.24. The average Bonchev–Trinajstić information content (AvgIpc) is 2.50. The first kappa shape index (κ1) is 9.30. The number of aliphatic carboxylic acids is 1. The van der Waals surface area contributed by atoms with Crippen LogP contribution in [0, 0.1) is 5.92 Å². The van der Waals surface area contributed by atoms with Crippen molar-refractivity contribution < 1.29 is 19.4 Å². The van der Waals surface area contributed by atoms with Gasteiger partial charge < -0.3 is 9.84 Å². The maximum absolute atomic E-state index is 11.3. The van der Waals surface area contributed by atoms with Crippen LogP contribution in [0.25, 0.3) is 0 Å². The van der Waals surface area contributed by atoms with Crippen LogP contribution in [0.1, 0.15) is 19.8 Å². The molecule has 14 heavy (non-hydrogen) atoms. The van der Waals surface area contributed by atoms with Gasteiger partial charge in [0.15, 0.2) is 0 Å². The number of rotatable bonds is 1. The smallest absolute Gasteiger partial charge is 0.410 e. The van der Waals surface area contributed by atoms with Gasteiger partial charge in [-0.05, 0) is 18.8 Å². The number of piperidine rings is 1. The molecule has 0 saturated carbocycles. The summed E-state index contributed by atoms with van der Waals surface area (Å²) in [6, 6.07) is -0.733. The molecule has 78 valence electrons. The molecule has 0 spiro atoms. The number of nitrogens with zero attached hydrogens (tertiary/aromatic N) is 1. The highest BCUT2D eigenvalue weighted by Crippen LogP contribution is 2.32. The summed E-state index contributed by atoms with van der Waals surface area (Å²) in [7, 11) is 0. The highest BCUT2D eigenvalue weighted by molar-refractivity contribution is 5.81. The number of carboxylic acids is 1. The molecule has 2 aliphatic rings. The molecule has 0 aromatic rings. The molecule has 2 rings (SSSR count). The van der Waals surface area contributed by atoms with Gasteiger partial charge >= 0.3 is 12.1 Å². The van der Waals surface area contributed by atoms with E-state index >= 15 is 0 Å². The Morgan fingerprint density at radius 2 is 2.29 bits per heavy atom. The Morgan fingerprint density at radius 3 is 2.93 bits per heavy atom. The SMILES string of the molecule is CC1CCC(C(=O)O)N2C(=O)OCC12. The second-order valence-corrected chi connectivity index (χ2v) is 3.96. The minimum atomic E-state index is -0.930. The Labute approximate surface area is 81.6 Å². The van der Waals surface area contributed by atoms with Crippen molar-refractivity contribution in [2.24, 2.45) is 5.92 Å². The number of hydrogen-bond donors (Lipinski definition) is 1. The van der Waals surface area contributed by atoms with Crippen LogP contribution in [-0.4, -0.2) is 40.8 Å². The lowest BCUT2D eigenvalue weighted by Gasteiger charge is -2.36. The van der Waals surface area contributed by atoms with E-state index in [2.05, 4.69) is 0 Å². The van der Waals surface area contributed by atoms with Gasteiger partial charge in [-0.15, -0.1) is 0 Å². The van der Waals surface area contributed by atoms with Crippen LogP contribution >= 0.6 is 0 Å². The number of carbonyl (C=O) groups excluding carboxylic acids is 1. The molecule has 1 N–H and O–H groups in total.